The maximum Gasteiger partial charge on any atom is 0.263 e. The monoisotopic (exact) mass is 356 g/mol. The summed E-state index contributed by atoms with van der Waals surface area (Å²) in [6.07, 6.45) is 0. The molecule has 0 atom stereocenters. The molecule has 0 aliphatic rings. The molecule has 0 radical (unpaired) electrons. The average Bonchev–Trinajstić information content (AvgIpc) is 2.69. The normalized spacial score (nSPS) is 11.0. The lowest BCUT2D eigenvalue weighted by molar-refractivity contribution is 0.601. The molecule has 4 nitrogen and oxygen atoms in total. The number of nitrogens with zero attached hydrogens (tertiary/aromatic N) is 1. The molecule has 0 amide bonds. The second-order valence-electron chi connectivity index (χ2n) is 3.77. The van der Waals surface area contributed by atoms with Crippen LogP contribution >= 0.6 is 27.3 Å². The molecular formula is C12H9BrN2O2S2. The third-order valence-corrected chi connectivity index (χ3v) is 5.57. The highest BCUT2D eigenvalue weighted by atomic mass is 79.9. The maximum absolute atomic E-state index is 12.2. The van der Waals surface area contributed by atoms with Crippen molar-refractivity contribution in [3.05, 3.63) is 44.6 Å². The number of sulfonamides is 1. The van der Waals surface area contributed by atoms with E-state index in [1.807, 2.05) is 6.07 Å². The lowest BCUT2D eigenvalue weighted by Gasteiger charge is -2.07. The molecule has 0 saturated heterocycles. The van der Waals surface area contributed by atoms with Crippen LogP contribution in [0.2, 0.25) is 0 Å². The van der Waals surface area contributed by atoms with E-state index in [2.05, 4.69) is 20.7 Å². The SMILES string of the molecule is Cc1sc(Br)cc1S(=O)(=O)Nc1cccc(C#N)c1. The minimum Gasteiger partial charge on any atom is -0.280 e. The van der Waals surface area contributed by atoms with Crippen LogP contribution < -0.4 is 4.72 Å². The molecule has 1 N–H and O–H groups in total. The van der Waals surface area contributed by atoms with Crippen LogP contribution in [0.25, 0.3) is 0 Å². The molecule has 2 rings (SSSR count). The first kappa shape index (κ1) is 14.1. The van der Waals surface area contributed by atoms with Crippen molar-refractivity contribution in [2.75, 3.05) is 4.72 Å². The number of rotatable bonds is 3. The predicted octanol–water partition coefficient (Wildman–Crippen LogP) is 3.49. The Balaban J connectivity index is 2.37. The number of nitrogens with one attached hydrogen (secondary N) is 1. The predicted molar refractivity (Wildman–Crippen MR) is 78.7 cm³/mol. The zero-order chi connectivity index (χ0) is 14.0. The van der Waals surface area contributed by atoms with Crippen LogP contribution in [0, 0.1) is 18.3 Å². The van der Waals surface area contributed by atoms with Crippen LogP contribution in [-0.2, 0) is 10.0 Å². The van der Waals surface area contributed by atoms with Gasteiger partial charge in [0.25, 0.3) is 10.0 Å². The molecule has 98 valence electrons. The fraction of sp³-hybridized carbons (Fsp3) is 0.0833. The molecule has 0 unspecified atom stereocenters. The van der Waals surface area contributed by atoms with E-state index in [0.717, 1.165) is 3.79 Å². The zero-order valence-corrected chi connectivity index (χ0v) is 13.1. The van der Waals surface area contributed by atoms with Gasteiger partial charge in [-0.25, -0.2) is 8.42 Å². The fourth-order valence-electron chi connectivity index (χ4n) is 1.56. The van der Waals surface area contributed by atoms with E-state index in [4.69, 9.17) is 5.26 Å². The topological polar surface area (TPSA) is 70.0 Å². The van der Waals surface area contributed by atoms with E-state index in [-0.39, 0.29) is 4.90 Å². The Morgan fingerprint density at radius 3 is 2.68 bits per heavy atom. The highest BCUT2D eigenvalue weighted by Gasteiger charge is 2.19. The van der Waals surface area contributed by atoms with Crippen molar-refractivity contribution in [1.82, 2.24) is 0 Å². The summed E-state index contributed by atoms with van der Waals surface area (Å²) < 4.78 is 27.7. The van der Waals surface area contributed by atoms with Gasteiger partial charge in [0.2, 0.25) is 0 Å². The van der Waals surface area contributed by atoms with Gasteiger partial charge in [0, 0.05) is 4.88 Å². The average molecular weight is 357 g/mol. The summed E-state index contributed by atoms with van der Waals surface area (Å²) in [5.74, 6) is 0. The van der Waals surface area contributed by atoms with Crippen LogP contribution in [0.3, 0.4) is 0 Å². The van der Waals surface area contributed by atoms with Gasteiger partial charge in [0.15, 0.2) is 0 Å². The Kier molecular flexibility index (Phi) is 3.94. The van der Waals surface area contributed by atoms with Crippen molar-refractivity contribution >= 4 is 43.0 Å². The van der Waals surface area contributed by atoms with E-state index in [1.165, 1.54) is 17.4 Å². The van der Waals surface area contributed by atoms with Crippen LogP contribution in [0.15, 0.2) is 39.0 Å². The van der Waals surface area contributed by atoms with Gasteiger partial charge in [-0.3, -0.25) is 4.72 Å². The molecule has 1 aromatic heterocycles. The number of thiophene rings is 1. The number of halogens is 1. The molecule has 1 aromatic carbocycles. The first-order chi connectivity index (χ1) is 8.92. The van der Waals surface area contributed by atoms with E-state index >= 15 is 0 Å². The second kappa shape index (κ2) is 5.33. The van der Waals surface area contributed by atoms with Gasteiger partial charge in [-0.1, -0.05) is 6.07 Å². The standard InChI is InChI=1S/C12H9BrN2O2S2/c1-8-11(6-12(13)18-8)19(16,17)15-10-4-2-3-9(5-10)7-14/h2-6,15H,1H3. The Labute approximate surface area is 123 Å². The number of benzene rings is 1. The minimum atomic E-state index is -3.63. The van der Waals surface area contributed by atoms with Gasteiger partial charge in [-0.2, -0.15) is 5.26 Å². The summed E-state index contributed by atoms with van der Waals surface area (Å²) in [5, 5.41) is 8.79. The van der Waals surface area contributed by atoms with E-state index in [9.17, 15) is 8.42 Å². The largest absolute Gasteiger partial charge is 0.280 e. The van der Waals surface area contributed by atoms with Gasteiger partial charge in [0.05, 0.1) is 21.1 Å². The van der Waals surface area contributed by atoms with Gasteiger partial charge in [0.1, 0.15) is 4.90 Å². The summed E-state index contributed by atoms with van der Waals surface area (Å²) in [7, 11) is -3.63. The van der Waals surface area contributed by atoms with Crippen LogP contribution in [0.4, 0.5) is 5.69 Å². The van der Waals surface area contributed by atoms with Crippen molar-refractivity contribution < 1.29 is 8.42 Å². The minimum absolute atomic E-state index is 0.242. The van der Waals surface area contributed by atoms with E-state index in [1.54, 1.807) is 31.2 Å². The highest BCUT2D eigenvalue weighted by molar-refractivity contribution is 9.11. The van der Waals surface area contributed by atoms with Gasteiger partial charge in [-0.15, -0.1) is 11.3 Å². The molecule has 0 aliphatic carbocycles. The van der Waals surface area contributed by atoms with Crippen LogP contribution in [0.5, 0.6) is 0 Å². The van der Waals surface area contributed by atoms with Crippen molar-refractivity contribution in [1.29, 1.82) is 5.26 Å². The third-order valence-electron chi connectivity index (χ3n) is 2.38. The Morgan fingerprint density at radius 2 is 2.11 bits per heavy atom. The van der Waals surface area contributed by atoms with Crippen molar-refractivity contribution in [2.45, 2.75) is 11.8 Å². The number of hydrogen-bond acceptors (Lipinski definition) is 4. The first-order valence-electron chi connectivity index (χ1n) is 5.21. The van der Waals surface area contributed by atoms with Crippen LogP contribution in [0.1, 0.15) is 10.4 Å². The highest BCUT2D eigenvalue weighted by Crippen LogP contribution is 2.30. The summed E-state index contributed by atoms with van der Waals surface area (Å²) in [5.41, 5.74) is 0.782. The number of anilines is 1. The molecule has 0 fully saturated rings. The van der Waals surface area contributed by atoms with Gasteiger partial charge < -0.3 is 0 Å². The molecule has 0 saturated carbocycles. The quantitative estimate of drug-likeness (QED) is 0.914. The summed E-state index contributed by atoms with van der Waals surface area (Å²) in [6, 6.07) is 9.88. The van der Waals surface area contributed by atoms with E-state index < -0.39 is 10.0 Å². The number of aryl methyl sites for hydroxylation is 1. The molecule has 7 heteroatoms. The fourth-order valence-corrected chi connectivity index (χ4v) is 5.02. The Hall–Kier alpha value is -1.36. The summed E-state index contributed by atoms with van der Waals surface area (Å²) >= 11 is 4.63. The molecule has 0 aliphatic heterocycles. The zero-order valence-electron chi connectivity index (χ0n) is 9.84. The van der Waals surface area contributed by atoms with Crippen molar-refractivity contribution in [3.63, 3.8) is 0 Å². The molecular weight excluding hydrogens is 348 g/mol. The molecule has 19 heavy (non-hydrogen) atoms. The van der Waals surface area contributed by atoms with E-state index in [0.29, 0.717) is 16.1 Å². The van der Waals surface area contributed by atoms with Crippen molar-refractivity contribution in [3.8, 4) is 6.07 Å². The molecule has 0 bridgehead atoms. The third kappa shape index (κ3) is 3.15. The van der Waals surface area contributed by atoms with Gasteiger partial charge >= 0.3 is 0 Å². The van der Waals surface area contributed by atoms with Gasteiger partial charge in [-0.05, 0) is 47.1 Å². The maximum atomic E-state index is 12.2. The second-order valence-corrected chi connectivity index (χ2v) is 8.06. The molecule has 1 heterocycles. The summed E-state index contributed by atoms with van der Waals surface area (Å²) in [6.45, 7) is 1.75. The smallest absolute Gasteiger partial charge is 0.263 e. The number of hydrogen-bond donors (Lipinski definition) is 1. The molecule has 2 aromatic rings. The van der Waals surface area contributed by atoms with Crippen LogP contribution in [-0.4, -0.2) is 8.42 Å². The lowest BCUT2D eigenvalue weighted by Crippen LogP contribution is -2.13. The first-order valence-corrected chi connectivity index (χ1v) is 8.30. The Morgan fingerprint density at radius 1 is 1.37 bits per heavy atom. The lowest BCUT2D eigenvalue weighted by atomic mass is 10.2. The Bertz CT molecular complexity index is 760. The summed E-state index contributed by atoms with van der Waals surface area (Å²) in [4.78, 5) is 0.947. The van der Waals surface area contributed by atoms with Crippen molar-refractivity contribution in [2.24, 2.45) is 0 Å². The number of nitriles is 1. The molecule has 0 spiro atoms.